The summed E-state index contributed by atoms with van der Waals surface area (Å²) >= 11 is 6.70. The largest absolute Gasteiger partial charge is 0.290 e. The van der Waals surface area contributed by atoms with Crippen molar-refractivity contribution >= 4 is 67.8 Å². The number of hydrogen-bond donors (Lipinski definition) is 0. The minimum atomic E-state index is 1.33. The Kier molecular flexibility index (Phi) is 5.23. The maximum atomic E-state index is 2.23. The molecule has 0 aliphatic carbocycles. The molecule has 0 rings (SSSR count). The average Bonchev–Trinajstić information content (AvgIpc) is 0.811. The highest BCUT2D eigenvalue weighted by Gasteiger charge is 1.52. The fraction of sp³-hybridized carbons (Fsp3) is 0. The average molecular weight is 393 g/mol. The summed E-state index contributed by atoms with van der Waals surface area (Å²) in [7, 11) is 0. The Morgan fingerprint density at radius 3 is 1.00 bits per heavy atom. The molecule has 0 unspecified atom stereocenters. The van der Waals surface area contributed by atoms with Gasteiger partial charge in [0.25, 0.3) is 0 Å². The van der Waals surface area contributed by atoms with Gasteiger partial charge in [0.05, 0.1) is 0 Å². The van der Waals surface area contributed by atoms with Gasteiger partial charge in [0.15, 0.2) is 0 Å². The van der Waals surface area contributed by atoms with Crippen LogP contribution in [0.15, 0.2) is 0 Å². The van der Waals surface area contributed by atoms with E-state index in [0.29, 0.717) is 0 Å². The molecule has 0 saturated carbocycles. The van der Waals surface area contributed by atoms with Gasteiger partial charge in [0, 0.05) is 0 Å². The van der Waals surface area contributed by atoms with Crippen molar-refractivity contribution in [3.05, 3.63) is -0.0619 Å². The highest BCUT2D eigenvalue weighted by molar-refractivity contribution is 14.3. The van der Waals surface area contributed by atoms with E-state index >= 15 is 0 Å². The lowest BCUT2D eigenvalue weighted by Gasteiger charge is -1.94. The highest BCUT2D eigenvalue weighted by atomic mass is 127. The molecule has 0 fully saturated rings. The Morgan fingerprint density at radius 2 is 1.00 bits per heavy atom. The molecule has 0 aromatic heterocycles. The third kappa shape index (κ3) is 8.89. The summed E-state index contributed by atoms with van der Waals surface area (Å²) in [4.78, 5) is 0. The monoisotopic (exact) mass is 393 g/mol. The van der Waals surface area contributed by atoms with Gasteiger partial charge in [-0.1, -0.05) is 0 Å². The van der Waals surface area contributed by atoms with E-state index in [0.717, 1.165) is 0 Å². The molecule has 0 saturated heterocycles. The summed E-state index contributed by atoms with van der Waals surface area (Å²) in [5, 5.41) is 0. The van der Waals surface area contributed by atoms with E-state index in [-0.39, 0.29) is 0 Å². The van der Waals surface area contributed by atoms with Gasteiger partial charge < -0.3 is 0 Å². The van der Waals surface area contributed by atoms with Crippen molar-refractivity contribution in [1.82, 2.24) is 0 Å². The van der Waals surface area contributed by atoms with Crippen molar-refractivity contribution in [1.29, 1.82) is 0 Å². The Bertz CT molecular complexity index is 8.00. The molecule has 0 heterocycles. The third-order valence-electron chi connectivity index (χ3n) is 0. The minimum absolute atomic E-state index is 1.33. The van der Waals surface area contributed by atoms with Crippen molar-refractivity contribution in [2.45, 2.75) is 0 Å². The second-order valence-corrected chi connectivity index (χ2v) is 9.64. The fourth-order valence-electron chi connectivity index (χ4n) is 0. The van der Waals surface area contributed by atoms with E-state index in [1.54, 1.807) is 0 Å². The number of hydrogen-bond acceptors (Lipinski definition) is 0. The van der Waals surface area contributed by atoms with E-state index in [1.807, 2.05) is 0 Å². The second kappa shape index (κ2) is 3.38. The lowest BCUT2D eigenvalue weighted by atomic mass is 12.0. The summed E-state index contributed by atoms with van der Waals surface area (Å²) < 4.78 is 1.33. The molecule has 0 aliphatic rings. The van der Waals surface area contributed by atoms with Gasteiger partial charge in [-0.3, -0.25) is 67.8 Å². The van der Waals surface area contributed by atoms with Crippen molar-refractivity contribution in [3.8, 4) is 0 Å². The van der Waals surface area contributed by atoms with E-state index in [9.17, 15) is 0 Å². The molecule has 3 heteroatoms. The Morgan fingerprint density at radius 1 is 1.00 bits per heavy atom. The molecular formula is CI3-. The van der Waals surface area contributed by atoms with Gasteiger partial charge in [0.1, 0.15) is 0 Å². The van der Waals surface area contributed by atoms with Crippen LogP contribution in [0, 0.1) is -0.0619 Å². The standard InChI is InChI=1S/CI3/c2-1(3)4/q-1. The zero-order valence-corrected chi connectivity index (χ0v) is 8.11. The first-order valence-electron chi connectivity index (χ1n) is 0.567. The van der Waals surface area contributed by atoms with Gasteiger partial charge in [-0.2, -0.15) is 0 Å². The number of rotatable bonds is 0. The summed E-state index contributed by atoms with van der Waals surface area (Å²) in [6.45, 7) is 0. The van der Waals surface area contributed by atoms with E-state index < -0.39 is 0 Å². The van der Waals surface area contributed by atoms with Crippen molar-refractivity contribution in [2.24, 2.45) is 0 Å². The van der Waals surface area contributed by atoms with Crippen molar-refractivity contribution in [2.75, 3.05) is 0 Å². The molecule has 0 atom stereocenters. The molecule has 0 radical (unpaired) electrons. The SMILES string of the molecule is I[C-](I)I. The predicted octanol–water partition coefficient (Wildman–Crippen LogP) is 2.74. The zero-order valence-electron chi connectivity index (χ0n) is 1.63. The van der Waals surface area contributed by atoms with Crippen LogP contribution in [-0.2, 0) is 0 Å². The first-order valence-corrected chi connectivity index (χ1v) is 3.80. The lowest BCUT2D eigenvalue weighted by molar-refractivity contribution is 2.97. The Balaban J connectivity index is 2.32. The van der Waals surface area contributed by atoms with E-state index in [1.165, 1.54) is -0.0619 Å². The predicted molar refractivity (Wildman–Crippen MR) is 45.3 cm³/mol. The molecule has 0 spiro atoms. The van der Waals surface area contributed by atoms with Crippen LogP contribution in [0.1, 0.15) is 0 Å². The maximum Gasteiger partial charge on any atom is -0.131 e. The normalized spacial score (nSPS) is 9.00. The molecule has 26 valence electrons. The third-order valence-corrected chi connectivity index (χ3v) is 0. The van der Waals surface area contributed by atoms with Crippen LogP contribution < -0.4 is 0 Å². The smallest absolute Gasteiger partial charge is 0.131 e. The van der Waals surface area contributed by atoms with Crippen LogP contribution in [0.4, 0.5) is 0 Å². The minimum Gasteiger partial charge on any atom is -0.290 e. The molecule has 0 aromatic carbocycles. The Hall–Kier alpha value is 2.19. The molecule has 4 heavy (non-hydrogen) atoms. The Labute approximate surface area is 66.5 Å². The molecular weight excluding hydrogens is 393 g/mol. The highest BCUT2D eigenvalue weighted by Crippen LogP contribution is 2.26. The van der Waals surface area contributed by atoms with E-state index in [2.05, 4.69) is 67.8 Å². The second-order valence-electron chi connectivity index (χ2n) is 0.214. The first-order chi connectivity index (χ1) is 1.73. The van der Waals surface area contributed by atoms with Gasteiger partial charge in [-0.25, -0.2) is 0 Å². The van der Waals surface area contributed by atoms with Crippen LogP contribution >= 0.6 is 67.8 Å². The van der Waals surface area contributed by atoms with Crippen LogP contribution in [0.2, 0.25) is 0 Å². The summed E-state index contributed by atoms with van der Waals surface area (Å²) in [5.74, 6) is 0. The summed E-state index contributed by atoms with van der Waals surface area (Å²) in [6, 6.07) is 0. The van der Waals surface area contributed by atoms with Crippen molar-refractivity contribution < 1.29 is 0 Å². The number of halogens is 3. The molecule has 0 aliphatic heterocycles. The van der Waals surface area contributed by atoms with Crippen LogP contribution in [0.3, 0.4) is 0 Å². The molecule has 0 amide bonds. The molecule has 0 N–H and O–H groups in total. The quantitative estimate of drug-likeness (QED) is 0.439. The zero-order chi connectivity index (χ0) is 3.58. The molecule has 0 nitrogen and oxygen atoms in total. The van der Waals surface area contributed by atoms with E-state index in [4.69, 9.17) is 0 Å². The summed E-state index contributed by atoms with van der Waals surface area (Å²) in [6.07, 6.45) is 0. The van der Waals surface area contributed by atoms with Gasteiger partial charge in [-0.05, 0) is 0 Å². The fourth-order valence-corrected chi connectivity index (χ4v) is 0. The van der Waals surface area contributed by atoms with Gasteiger partial charge in [-0.15, -0.1) is -0.0619 Å². The van der Waals surface area contributed by atoms with Gasteiger partial charge in [0.2, 0.25) is 0 Å². The molecule has 0 aromatic rings. The molecule has 0 bridgehead atoms. The van der Waals surface area contributed by atoms with Gasteiger partial charge >= 0.3 is 0 Å². The first kappa shape index (κ1) is 6.19. The van der Waals surface area contributed by atoms with Crippen LogP contribution in [0.25, 0.3) is 0 Å². The van der Waals surface area contributed by atoms with Crippen LogP contribution in [-0.4, -0.2) is 0 Å². The van der Waals surface area contributed by atoms with Crippen molar-refractivity contribution in [3.63, 3.8) is 0 Å². The maximum absolute atomic E-state index is 2.23. The summed E-state index contributed by atoms with van der Waals surface area (Å²) in [5.41, 5.74) is 0. The van der Waals surface area contributed by atoms with Crippen LogP contribution in [0.5, 0.6) is 0 Å². The topological polar surface area (TPSA) is 0 Å². The lowest BCUT2D eigenvalue weighted by Crippen LogP contribution is -1.29.